The van der Waals surface area contributed by atoms with Crippen LogP contribution >= 0.6 is 50.5 Å². The van der Waals surface area contributed by atoms with E-state index in [1.54, 1.807) is 124 Å². The van der Waals surface area contributed by atoms with Crippen molar-refractivity contribution in [3.05, 3.63) is 130 Å². The average Bonchev–Trinajstić information content (AvgIpc) is 1.60. The van der Waals surface area contributed by atoms with E-state index in [4.69, 9.17) is 63.4 Å². The number of aromatic nitrogens is 4. The fraction of sp³-hybridized carbons (Fsp3) is 0.406. The number of morpholine rings is 2. The number of aliphatic hydroxyl groups is 2. The molecule has 93 heavy (non-hydrogen) atoms. The van der Waals surface area contributed by atoms with E-state index in [0.29, 0.717) is 80.4 Å². The molecule has 2 aromatic heterocycles. The number of nitrogens with zero attached hydrogens (tertiary/aromatic N) is 6. The van der Waals surface area contributed by atoms with Crippen LogP contribution in [0.2, 0.25) is 10.0 Å². The smallest absolute Gasteiger partial charge is 0.870 e. The number of nitrogens with two attached hydrogens (primary N) is 1. The molecular weight excluding hydrogens is 1370 g/mol. The summed E-state index contributed by atoms with van der Waals surface area (Å²) in [7, 11) is 0. The van der Waals surface area contributed by atoms with Gasteiger partial charge in [-0.1, -0.05) is 54.3 Å². The van der Waals surface area contributed by atoms with Crippen LogP contribution in [0.15, 0.2) is 97.3 Å². The molecule has 3 aliphatic heterocycles. The summed E-state index contributed by atoms with van der Waals surface area (Å²) in [5.74, 6) is 10.9. The van der Waals surface area contributed by atoms with E-state index < -0.39 is 61.9 Å². The average molecular weight is 1460 g/mol. The number of rotatable bonds is 9. The molecule has 9 rings (SSSR count). The second-order valence-corrected chi connectivity index (χ2v) is 26.7. The molecule has 0 bridgehead atoms. The number of halogens is 3. The standard InChI is InChI=1S/C29H31ClN4O6.C19H16ClN3O2.C10H17NO5.C4H8O.CH6IP.CH4.Li.2H2O/c1-29(2,3)40-28(38)34-13-15-39-18-24(34)27(37)31-22-9-5-19(6-10-22)4-7-20-17-33(12-14-35)32-26(20)23-16-21(30)8-11-25(23)36;20-15-5-8-18(25)17(11-15)19-14(12-23(22-19)9-10-24)4-1-13-2-6-16(21)7-3-13;1-10(2,3)16-9(14)11-4-5-15-6-7(11)8(12)13;1-2-4-5-3-1;1-2-3;;;;/h5-6,8-11,16-17,24,35-36H,12-15,18H2,1-3H3,(H,31,37);2-3,5-8,11-12,24-25H,9-10,21H2;7H,4-6H2,1-3H3,(H,12,13);1-4H2;2H,3H2,1H3;1H4;;2*1H2/q;;;;;;+1;;/p-1/t24-;;7-;;;;;;/m0.0....../s1/i;;;;2D;;;;. The molecule has 3 amide bonds. The summed E-state index contributed by atoms with van der Waals surface area (Å²) in [5.41, 5.74) is 10.1. The summed E-state index contributed by atoms with van der Waals surface area (Å²) in [6, 6.07) is 21.8. The molecule has 1 unspecified atom stereocenters. The number of ether oxygens (including phenoxy) is 5. The molecule has 0 radical (unpaired) electrons. The van der Waals surface area contributed by atoms with Crippen LogP contribution in [-0.4, -0.2) is 185 Å². The molecule has 6 aromatic rings. The number of carboxylic acids is 1. The largest absolute Gasteiger partial charge is 1.00 e. The first-order valence-electron chi connectivity index (χ1n) is 28.5. The van der Waals surface area contributed by atoms with Gasteiger partial charge in [0.05, 0.1) is 63.9 Å². The van der Waals surface area contributed by atoms with Gasteiger partial charge in [0.15, 0.2) is 6.04 Å². The van der Waals surface area contributed by atoms with Gasteiger partial charge in [-0.15, -0.1) is 0 Å². The summed E-state index contributed by atoms with van der Waals surface area (Å²) in [6.45, 7) is 16.7. The number of aliphatic carboxylic acids is 1. The van der Waals surface area contributed by atoms with Gasteiger partial charge in [0.1, 0.15) is 40.1 Å². The topological polar surface area (TPSA) is 357 Å². The van der Waals surface area contributed by atoms with Crippen molar-refractivity contribution >= 4 is 86.0 Å². The van der Waals surface area contributed by atoms with Crippen molar-refractivity contribution in [3.8, 4) is 57.7 Å². The number of hydrogen-bond donors (Lipinski definition) is 7. The Morgan fingerprint density at radius 2 is 1.10 bits per heavy atom. The quantitative estimate of drug-likeness (QED) is 0.0217. The third kappa shape index (κ3) is 28.5. The Morgan fingerprint density at radius 1 is 0.699 bits per heavy atom. The molecule has 3 aliphatic rings. The van der Waals surface area contributed by atoms with Gasteiger partial charge < -0.3 is 71.2 Å². The van der Waals surface area contributed by atoms with Gasteiger partial charge in [-0.3, -0.25) is 24.0 Å². The van der Waals surface area contributed by atoms with E-state index in [1.165, 1.54) is 34.8 Å². The number of hydrogen-bond acceptors (Lipinski definition) is 17. The number of phenols is 2. The molecule has 11 N–H and O–H groups in total. The predicted molar refractivity (Wildman–Crippen MR) is 367 cm³/mol. The maximum absolute atomic E-state index is 13.0. The molecule has 3 saturated heterocycles. The fourth-order valence-electron chi connectivity index (χ4n) is 8.18. The van der Waals surface area contributed by atoms with E-state index in [2.05, 4.69) is 46.1 Å². The number of amides is 3. The van der Waals surface area contributed by atoms with Crippen LogP contribution in [0.4, 0.5) is 21.0 Å². The summed E-state index contributed by atoms with van der Waals surface area (Å²) in [6.07, 6.45) is 4.81. The number of aliphatic hydroxyl groups excluding tert-OH is 2. The Morgan fingerprint density at radius 3 is 1.47 bits per heavy atom. The van der Waals surface area contributed by atoms with Crippen molar-refractivity contribution in [2.24, 2.45) is 0 Å². The normalized spacial score (nSPS) is 14.8. The first-order valence-corrected chi connectivity index (χ1v) is 35.2. The van der Waals surface area contributed by atoms with E-state index in [1.807, 2.05) is 17.1 Å². The SMILES string of the molecule is C.C1CCOC1.CC(C)(C)OC(=O)N1CCOC[C@H]1C(=O)Nc1ccc(C#Cc2cn(CCO)nc2-c2cc(Cl)ccc2O)cc1.CC(C)(C)OC(=O)N1CCOC[C@H]1C(=O)O.Nc1ccc(C#Cc2cn(CCO)nc2-c2cc(Cl)ccc2O)cc1.O.[2H]I(C)P.[Li+].[OH-]. The maximum Gasteiger partial charge on any atom is 1.00 e. The third-order valence-corrected chi connectivity index (χ3v) is 12.8. The molecule has 504 valence electrons. The van der Waals surface area contributed by atoms with E-state index >= 15 is 0 Å². The van der Waals surface area contributed by atoms with Crippen LogP contribution in [0.1, 0.15) is 84.1 Å². The van der Waals surface area contributed by atoms with Gasteiger partial charge in [-0.25, -0.2) is 14.4 Å². The number of nitrogens with one attached hydrogen (secondary N) is 1. The Kier molecular flexibility index (Phi) is 37.2. The molecular formula is C64H85Cl2ILiN8O16P. The van der Waals surface area contributed by atoms with Gasteiger partial charge >= 0.3 is 69.9 Å². The van der Waals surface area contributed by atoms with Gasteiger partial charge in [0, 0.05) is 82.4 Å². The number of carboxylic acid groups (broad SMARTS) is 1. The molecule has 5 heterocycles. The summed E-state index contributed by atoms with van der Waals surface area (Å²) in [5, 5.41) is 60.5. The zero-order valence-corrected chi connectivity index (χ0v) is 57.4. The van der Waals surface area contributed by atoms with Gasteiger partial charge in [-0.05, 0) is 139 Å². The fourth-order valence-corrected chi connectivity index (χ4v) is 8.52. The Hall–Kier alpha value is -6.64. The number of phenolic OH excluding ortho intramolecular Hbond substituents is 2. The number of alkyl halides is 1. The van der Waals surface area contributed by atoms with Crippen LogP contribution in [0, 0.1) is 23.7 Å². The van der Waals surface area contributed by atoms with E-state index in [0.717, 1.165) is 18.8 Å². The zero-order chi connectivity index (χ0) is 66.1. The second-order valence-electron chi connectivity index (χ2n) is 21.7. The van der Waals surface area contributed by atoms with Crippen LogP contribution in [0.5, 0.6) is 11.5 Å². The number of benzene rings is 4. The monoisotopic (exact) mass is 1460 g/mol. The minimum Gasteiger partial charge on any atom is -0.870 e. The first-order chi connectivity index (χ1) is 42.6. The van der Waals surface area contributed by atoms with Gasteiger partial charge in [0.25, 0.3) is 0 Å². The number of aromatic hydroxyl groups is 2. The zero-order valence-electron chi connectivity index (χ0n) is 53.6. The number of anilines is 2. The van der Waals surface area contributed by atoms with Crippen molar-refractivity contribution in [3.63, 3.8) is 0 Å². The minimum absolute atomic E-state index is 0. The molecule has 0 aliphatic carbocycles. The van der Waals surface area contributed by atoms with Crippen LogP contribution < -0.4 is 29.9 Å². The van der Waals surface area contributed by atoms with Crippen molar-refractivity contribution in [1.29, 1.82) is 0.594 Å². The van der Waals surface area contributed by atoms with Crippen molar-refractivity contribution in [2.75, 3.05) is 81.9 Å². The van der Waals surface area contributed by atoms with E-state index in [-0.39, 0.29) is 101 Å². The summed E-state index contributed by atoms with van der Waals surface area (Å²) < 4.78 is 35.8. The maximum atomic E-state index is 13.0. The molecule has 24 nitrogen and oxygen atoms in total. The first kappa shape index (κ1) is 82.4. The van der Waals surface area contributed by atoms with Gasteiger partial charge in [-0.2, -0.15) is 10.2 Å². The van der Waals surface area contributed by atoms with Gasteiger partial charge in [0.2, 0.25) is 5.91 Å². The number of carbonyl (C=O) groups is 4. The summed E-state index contributed by atoms with van der Waals surface area (Å²) >= 11 is 11.1. The Bertz CT molecular complexity index is 3470. The molecule has 29 heteroatoms. The molecule has 0 saturated carbocycles. The third-order valence-electron chi connectivity index (χ3n) is 12.3. The molecule has 3 fully saturated rings. The molecule has 4 aromatic carbocycles. The van der Waals surface area contributed by atoms with Crippen molar-refractivity contribution in [2.45, 2.75) is 98.2 Å². The summed E-state index contributed by atoms with van der Waals surface area (Å²) in [4.78, 5) is 52.8. The Balaban J connectivity index is 0.000000697. The Labute approximate surface area is 577 Å². The van der Waals surface area contributed by atoms with Crippen LogP contribution in [-0.2, 0) is 46.4 Å². The van der Waals surface area contributed by atoms with E-state index in [9.17, 15) is 34.5 Å². The molecule has 3 atom stereocenters. The molecule has 0 spiro atoms. The van der Waals surface area contributed by atoms with Crippen molar-refractivity contribution < 1.29 is 98.2 Å². The van der Waals surface area contributed by atoms with Crippen LogP contribution in [0.25, 0.3) is 22.5 Å². The second kappa shape index (κ2) is 41.9. The van der Waals surface area contributed by atoms with Crippen molar-refractivity contribution in [1.82, 2.24) is 29.4 Å². The number of carbonyl (C=O) groups excluding carboxylic acids is 3. The minimum atomic E-state index is -1.10. The van der Waals surface area contributed by atoms with Crippen LogP contribution in [0.3, 0.4) is 0 Å². The number of nitrogen functional groups attached to an aromatic ring is 1. The predicted octanol–water partition coefficient (Wildman–Crippen LogP) is 6.01.